The quantitative estimate of drug-likeness (QED) is 0.714. The summed E-state index contributed by atoms with van der Waals surface area (Å²) in [6.45, 7) is 6.72. The smallest absolute Gasteiger partial charge is 0.258 e. The largest absolute Gasteiger partial charge is 0.483 e. The number of fused-ring (bicyclic) bond motifs is 1. The number of rotatable bonds is 6. The van der Waals surface area contributed by atoms with Gasteiger partial charge in [0.1, 0.15) is 5.75 Å². The van der Waals surface area contributed by atoms with Gasteiger partial charge in [0.2, 0.25) is 0 Å². The van der Waals surface area contributed by atoms with Gasteiger partial charge in [0, 0.05) is 23.7 Å². The predicted molar refractivity (Wildman–Crippen MR) is 118 cm³/mol. The van der Waals surface area contributed by atoms with E-state index in [1.54, 1.807) is 0 Å². The van der Waals surface area contributed by atoms with E-state index in [4.69, 9.17) is 4.74 Å². The Morgan fingerprint density at radius 1 is 1.07 bits per heavy atom. The first-order valence-electron chi connectivity index (χ1n) is 10.1. The molecule has 3 rings (SSSR count). The lowest BCUT2D eigenvalue weighted by Gasteiger charge is -2.24. The van der Waals surface area contributed by atoms with Crippen LogP contribution in [0.2, 0.25) is 0 Å². The molecule has 154 valence electrons. The molecule has 5 heteroatoms. The second kappa shape index (κ2) is 10.1. The summed E-state index contributed by atoms with van der Waals surface area (Å²) < 4.78 is 5.94. The van der Waals surface area contributed by atoms with Crippen molar-refractivity contribution in [3.63, 3.8) is 0 Å². The lowest BCUT2D eigenvalue weighted by atomic mass is 9.95. The molecular weight excluding hydrogens is 372 g/mol. The Morgan fingerprint density at radius 3 is 2.50 bits per heavy atom. The van der Waals surface area contributed by atoms with Gasteiger partial charge in [-0.15, -0.1) is 12.4 Å². The Morgan fingerprint density at radius 2 is 1.79 bits per heavy atom. The Bertz CT molecular complexity index is 780. The van der Waals surface area contributed by atoms with Gasteiger partial charge in [0.05, 0.1) is 0 Å². The highest BCUT2D eigenvalue weighted by Gasteiger charge is 2.17. The number of hydrogen-bond donors (Lipinski definition) is 2. The Labute approximate surface area is 174 Å². The van der Waals surface area contributed by atoms with Crippen molar-refractivity contribution in [2.45, 2.75) is 71.0 Å². The summed E-state index contributed by atoms with van der Waals surface area (Å²) >= 11 is 0. The zero-order chi connectivity index (χ0) is 19.3. The molecule has 0 radical (unpaired) electrons. The molecule has 1 aliphatic rings. The molecule has 0 saturated heterocycles. The fourth-order valence-corrected chi connectivity index (χ4v) is 3.78. The van der Waals surface area contributed by atoms with E-state index in [0.717, 1.165) is 17.9 Å². The lowest BCUT2D eigenvalue weighted by molar-refractivity contribution is -0.124. The van der Waals surface area contributed by atoms with Crippen LogP contribution in [0.1, 0.15) is 58.4 Å². The molecule has 2 aromatic carbocycles. The van der Waals surface area contributed by atoms with Crippen molar-refractivity contribution in [1.29, 1.82) is 0 Å². The number of nitrogens with one attached hydrogen (secondary N) is 2. The zero-order valence-electron chi connectivity index (χ0n) is 17.2. The summed E-state index contributed by atoms with van der Waals surface area (Å²) in [7, 11) is 0. The van der Waals surface area contributed by atoms with Crippen LogP contribution in [0.3, 0.4) is 0 Å². The average Bonchev–Trinajstić information content (AvgIpc) is 2.64. The second-order valence-electron chi connectivity index (χ2n) is 8.57. The first kappa shape index (κ1) is 22.5. The normalized spacial score (nSPS) is 15.1. The maximum absolute atomic E-state index is 12.2. The summed E-state index contributed by atoms with van der Waals surface area (Å²) in [6.07, 6.45) is 6.46. The molecule has 0 unspecified atom stereocenters. The molecule has 0 aromatic heterocycles. The fraction of sp³-hybridized carbons (Fsp3) is 0.522. The first-order chi connectivity index (χ1) is 12.9. The van der Waals surface area contributed by atoms with Crippen LogP contribution in [0.5, 0.6) is 5.75 Å². The van der Waals surface area contributed by atoms with E-state index in [1.807, 2.05) is 26.8 Å². The van der Waals surface area contributed by atoms with Crippen molar-refractivity contribution < 1.29 is 9.53 Å². The summed E-state index contributed by atoms with van der Waals surface area (Å²) in [5.41, 5.74) is 0.886. The molecule has 1 saturated carbocycles. The van der Waals surface area contributed by atoms with Gasteiger partial charge in [-0.25, -0.2) is 0 Å². The number of ether oxygens (including phenoxy) is 1. The highest BCUT2D eigenvalue weighted by molar-refractivity contribution is 5.88. The molecule has 0 aliphatic heterocycles. The molecule has 0 heterocycles. The minimum atomic E-state index is -0.255. The third-order valence-electron chi connectivity index (χ3n) is 5.04. The van der Waals surface area contributed by atoms with Gasteiger partial charge in [-0.1, -0.05) is 49.6 Å². The Hall–Kier alpha value is -1.78. The molecule has 4 nitrogen and oxygen atoms in total. The van der Waals surface area contributed by atoms with Crippen LogP contribution in [0.15, 0.2) is 36.4 Å². The Kier molecular flexibility index (Phi) is 8.14. The molecule has 0 spiro atoms. The van der Waals surface area contributed by atoms with Crippen LogP contribution < -0.4 is 15.4 Å². The summed E-state index contributed by atoms with van der Waals surface area (Å²) in [5, 5.41) is 9.05. The van der Waals surface area contributed by atoms with Crippen molar-refractivity contribution in [2.24, 2.45) is 0 Å². The Balaban J connectivity index is 0.00000280. The van der Waals surface area contributed by atoms with Gasteiger partial charge < -0.3 is 15.4 Å². The second-order valence-corrected chi connectivity index (χ2v) is 8.57. The SMILES string of the molecule is CC(C)(C)NC(=O)COc1ccc2ccccc2c1CNC1CCCCC1.Cl. The minimum Gasteiger partial charge on any atom is -0.483 e. The van der Waals surface area contributed by atoms with E-state index in [1.165, 1.54) is 42.9 Å². The molecule has 1 aliphatic carbocycles. The number of benzene rings is 2. The monoisotopic (exact) mass is 404 g/mol. The number of hydrogen-bond acceptors (Lipinski definition) is 3. The van der Waals surface area contributed by atoms with Gasteiger partial charge in [0.25, 0.3) is 5.91 Å². The molecule has 2 N–H and O–H groups in total. The molecule has 0 atom stereocenters. The minimum absolute atomic E-state index is 0. The fourth-order valence-electron chi connectivity index (χ4n) is 3.78. The van der Waals surface area contributed by atoms with Crippen molar-refractivity contribution in [3.05, 3.63) is 42.0 Å². The van der Waals surface area contributed by atoms with Crippen molar-refractivity contribution >= 4 is 29.1 Å². The van der Waals surface area contributed by atoms with Gasteiger partial charge in [0.15, 0.2) is 6.61 Å². The maximum atomic E-state index is 12.2. The van der Waals surface area contributed by atoms with E-state index >= 15 is 0 Å². The number of halogens is 1. The highest BCUT2D eigenvalue weighted by Crippen LogP contribution is 2.29. The van der Waals surface area contributed by atoms with Crippen LogP contribution in [0, 0.1) is 0 Å². The van der Waals surface area contributed by atoms with E-state index in [0.29, 0.717) is 6.04 Å². The molecule has 1 fully saturated rings. The first-order valence-corrected chi connectivity index (χ1v) is 10.1. The van der Waals surface area contributed by atoms with Crippen molar-refractivity contribution in [2.75, 3.05) is 6.61 Å². The third-order valence-corrected chi connectivity index (χ3v) is 5.04. The van der Waals surface area contributed by atoms with Crippen LogP contribution in [-0.2, 0) is 11.3 Å². The molecule has 1 amide bonds. The van der Waals surface area contributed by atoms with Crippen LogP contribution in [-0.4, -0.2) is 24.1 Å². The lowest BCUT2D eigenvalue weighted by Crippen LogP contribution is -2.43. The van der Waals surface area contributed by atoms with Gasteiger partial charge in [-0.2, -0.15) is 0 Å². The van der Waals surface area contributed by atoms with E-state index in [-0.39, 0.29) is 30.5 Å². The van der Waals surface area contributed by atoms with Crippen LogP contribution in [0.4, 0.5) is 0 Å². The zero-order valence-corrected chi connectivity index (χ0v) is 18.0. The van der Waals surface area contributed by atoms with Crippen molar-refractivity contribution in [3.8, 4) is 5.75 Å². The van der Waals surface area contributed by atoms with E-state index in [9.17, 15) is 4.79 Å². The van der Waals surface area contributed by atoms with Crippen LogP contribution in [0.25, 0.3) is 10.8 Å². The molecular formula is C23H33ClN2O2. The van der Waals surface area contributed by atoms with Gasteiger partial charge in [-0.3, -0.25) is 4.79 Å². The summed E-state index contributed by atoms with van der Waals surface area (Å²) in [5.74, 6) is 0.697. The van der Waals surface area contributed by atoms with Crippen LogP contribution >= 0.6 is 12.4 Å². The molecule has 28 heavy (non-hydrogen) atoms. The summed E-state index contributed by atoms with van der Waals surface area (Å²) in [6, 6.07) is 13.0. The maximum Gasteiger partial charge on any atom is 0.258 e. The van der Waals surface area contributed by atoms with E-state index < -0.39 is 0 Å². The summed E-state index contributed by atoms with van der Waals surface area (Å²) in [4.78, 5) is 12.2. The molecule has 2 aromatic rings. The average molecular weight is 405 g/mol. The molecule has 0 bridgehead atoms. The van der Waals surface area contributed by atoms with Gasteiger partial charge in [-0.05, 0) is 50.5 Å². The number of carbonyl (C=O) groups is 1. The highest BCUT2D eigenvalue weighted by atomic mass is 35.5. The van der Waals surface area contributed by atoms with E-state index in [2.05, 4.69) is 41.0 Å². The predicted octanol–water partition coefficient (Wildman–Crippen LogP) is 4.98. The van der Waals surface area contributed by atoms with Crippen molar-refractivity contribution in [1.82, 2.24) is 10.6 Å². The van der Waals surface area contributed by atoms with Gasteiger partial charge >= 0.3 is 0 Å². The standard InChI is InChI=1S/C23H32N2O2.ClH/c1-23(2,3)25-22(26)16-27-21-14-13-17-9-7-8-12-19(17)20(21)15-24-18-10-5-4-6-11-18;/h7-9,12-14,18,24H,4-6,10-11,15-16H2,1-3H3,(H,25,26);1H. The topological polar surface area (TPSA) is 50.4 Å². The third kappa shape index (κ3) is 6.39. The number of carbonyl (C=O) groups excluding carboxylic acids is 1. The number of amides is 1.